The van der Waals surface area contributed by atoms with Crippen LogP contribution in [0.5, 0.6) is 0 Å². The summed E-state index contributed by atoms with van der Waals surface area (Å²) in [5, 5.41) is 10.5. The van der Waals surface area contributed by atoms with Gasteiger partial charge in [0, 0.05) is 52.5 Å². The quantitative estimate of drug-likeness (QED) is 0.116. The van der Waals surface area contributed by atoms with Crippen LogP contribution in [0.4, 0.5) is 34.1 Å². The lowest BCUT2D eigenvalue weighted by atomic mass is 9.39. The predicted molar refractivity (Wildman–Crippen MR) is 315 cm³/mol. The fraction of sp³-hybridized carbons (Fsp3) is 0.212. The summed E-state index contributed by atoms with van der Waals surface area (Å²) in [5.74, 6) is 0. The Morgan fingerprint density at radius 3 is 1.28 bits per heavy atom. The second-order valence-electron chi connectivity index (χ2n) is 22.5. The molecule has 11 aromatic rings. The molecule has 0 N–H and O–H groups in total. The van der Waals surface area contributed by atoms with E-state index in [1.807, 2.05) is 22.7 Å². The van der Waals surface area contributed by atoms with Gasteiger partial charge in [-0.3, -0.25) is 0 Å². The van der Waals surface area contributed by atoms with Crippen LogP contribution in [0.25, 0.3) is 63.6 Å². The molecule has 0 unspecified atom stereocenters. The molecular weight excluding hydrogens is 896 g/mol. The van der Waals surface area contributed by atoms with Crippen molar-refractivity contribution in [3.63, 3.8) is 0 Å². The van der Waals surface area contributed by atoms with Crippen LogP contribution in [0.3, 0.4) is 0 Å². The lowest BCUT2D eigenvalue weighted by molar-refractivity contribution is 0.507. The molecule has 348 valence electrons. The normalized spacial score (nSPS) is 13.7. The Hall–Kier alpha value is -6.66. The van der Waals surface area contributed by atoms with E-state index in [1.165, 1.54) is 129 Å². The summed E-state index contributed by atoms with van der Waals surface area (Å²) in [6, 6.07) is 65.5. The summed E-state index contributed by atoms with van der Waals surface area (Å²) in [6.07, 6.45) is 2.15. The fourth-order valence-electron chi connectivity index (χ4n) is 11.7. The Bertz CT molecular complexity index is 3920. The minimum Gasteiger partial charge on any atom is -0.310 e. The average Bonchev–Trinajstić information content (AvgIpc) is 3.97. The maximum Gasteiger partial charge on any atom is 0.277 e. The number of fused-ring (bicyclic) bond motifs is 14. The predicted octanol–water partition coefficient (Wildman–Crippen LogP) is 18.0. The first-order valence-electron chi connectivity index (χ1n) is 25.7. The van der Waals surface area contributed by atoms with Gasteiger partial charge < -0.3 is 9.80 Å². The monoisotopic (exact) mass is 954 g/mol. The van der Waals surface area contributed by atoms with Crippen LogP contribution in [0, 0.1) is 0 Å². The fourth-order valence-corrected chi connectivity index (χ4v) is 14.4. The molecule has 71 heavy (non-hydrogen) atoms. The summed E-state index contributed by atoms with van der Waals surface area (Å²) in [4.78, 5) is 5.24. The summed E-state index contributed by atoms with van der Waals surface area (Å²) >= 11 is 4.00. The van der Waals surface area contributed by atoms with E-state index in [-0.39, 0.29) is 23.0 Å². The van der Waals surface area contributed by atoms with Gasteiger partial charge in [-0.15, -0.1) is 22.7 Å². The van der Waals surface area contributed by atoms with Crippen LogP contribution >= 0.6 is 22.7 Å². The van der Waals surface area contributed by atoms with Gasteiger partial charge in [-0.1, -0.05) is 165 Å². The van der Waals surface area contributed by atoms with E-state index in [2.05, 4.69) is 242 Å². The molecule has 0 radical (unpaired) electrons. The molecule has 0 fully saturated rings. The van der Waals surface area contributed by atoms with Gasteiger partial charge in [0.15, 0.2) is 0 Å². The maximum atomic E-state index is 2.62. The minimum atomic E-state index is 0.0448. The van der Waals surface area contributed by atoms with E-state index in [9.17, 15) is 0 Å². The first kappa shape index (κ1) is 44.3. The number of rotatable bonds is 7. The Labute approximate surface area is 427 Å². The number of hydrogen-bond acceptors (Lipinski definition) is 4. The molecule has 0 saturated heterocycles. The summed E-state index contributed by atoms with van der Waals surface area (Å²) in [6.45, 7) is 21.2. The lowest BCUT2D eigenvalue weighted by Gasteiger charge is -2.42. The van der Waals surface area contributed by atoms with Crippen molar-refractivity contribution < 1.29 is 0 Å². The Morgan fingerprint density at radius 1 is 0.394 bits per heavy atom. The van der Waals surface area contributed by atoms with E-state index >= 15 is 0 Å². The highest BCUT2D eigenvalue weighted by atomic mass is 32.1. The first-order chi connectivity index (χ1) is 34.2. The second-order valence-corrected chi connectivity index (χ2v) is 24.7. The van der Waals surface area contributed by atoms with Crippen LogP contribution in [-0.2, 0) is 16.2 Å². The van der Waals surface area contributed by atoms with Crippen LogP contribution < -0.4 is 24.8 Å². The summed E-state index contributed by atoms with van der Waals surface area (Å²) in [5.41, 5.74) is 15.7. The lowest BCUT2D eigenvalue weighted by Crippen LogP contribution is -2.59. The van der Waals surface area contributed by atoms with Gasteiger partial charge in [0.25, 0.3) is 6.71 Å². The number of hydrogen-bond donors (Lipinski definition) is 0. The van der Waals surface area contributed by atoms with Gasteiger partial charge in [-0.2, -0.15) is 0 Å². The number of anilines is 6. The van der Waals surface area contributed by atoms with E-state index in [0.29, 0.717) is 0 Å². The van der Waals surface area contributed by atoms with Crippen molar-refractivity contribution >= 4 is 131 Å². The van der Waals surface area contributed by atoms with E-state index in [0.717, 1.165) is 12.8 Å². The molecule has 0 atom stereocenters. The van der Waals surface area contributed by atoms with E-state index in [4.69, 9.17) is 0 Å². The molecule has 4 heterocycles. The van der Waals surface area contributed by atoms with Gasteiger partial charge in [0.05, 0.1) is 11.4 Å². The van der Waals surface area contributed by atoms with Crippen molar-refractivity contribution in [2.24, 2.45) is 0 Å². The highest BCUT2D eigenvalue weighted by Gasteiger charge is 2.47. The SMILES string of the molecule is CCC(C)(C)c1ccc2sc3c(c2c1)N(c1ccc(-c2ccc4c5ccccc5c5ccccc5c4c2)cc1)c1cccc2c1B3c1sc3ccc(C(C)(C)CC)cc3c1N2c1ccc(C(C)(C)C)cc1. The molecule has 9 aromatic carbocycles. The third kappa shape index (κ3) is 6.72. The summed E-state index contributed by atoms with van der Waals surface area (Å²) < 4.78 is 5.54. The van der Waals surface area contributed by atoms with Gasteiger partial charge in [0.1, 0.15) is 0 Å². The smallest absolute Gasteiger partial charge is 0.277 e. The zero-order chi connectivity index (χ0) is 48.7. The van der Waals surface area contributed by atoms with Crippen LogP contribution in [0.15, 0.2) is 170 Å². The molecule has 5 heteroatoms. The van der Waals surface area contributed by atoms with Crippen molar-refractivity contribution in [2.45, 2.75) is 91.4 Å². The molecule has 2 aliphatic rings. The molecule has 0 saturated carbocycles. The summed E-state index contributed by atoms with van der Waals surface area (Å²) in [7, 11) is 0. The molecule has 2 aliphatic heterocycles. The molecule has 13 rings (SSSR count). The van der Waals surface area contributed by atoms with Gasteiger partial charge in [-0.25, -0.2) is 0 Å². The number of benzene rings is 9. The van der Waals surface area contributed by atoms with E-state index in [1.54, 1.807) is 0 Å². The third-order valence-electron chi connectivity index (χ3n) is 16.7. The maximum absolute atomic E-state index is 2.62. The Kier molecular flexibility index (Phi) is 9.94. The van der Waals surface area contributed by atoms with Crippen LogP contribution in [0.1, 0.15) is 91.8 Å². The third-order valence-corrected chi connectivity index (χ3v) is 19.2. The van der Waals surface area contributed by atoms with E-state index < -0.39 is 0 Å². The molecule has 0 amide bonds. The Balaban J connectivity index is 1.04. The molecule has 0 spiro atoms. The van der Waals surface area contributed by atoms with Crippen molar-refractivity contribution in [1.29, 1.82) is 0 Å². The molecule has 2 nitrogen and oxygen atoms in total. The zero-order valence-corrected chi connectivity index (χ0v) is 44.0. The molecular formula is C66H59BN2S2. The number of nitrogens with zero attached hydrogens (tertiary/aromatic N) is 2. The number of thiophene rings is 2. The second kappa shape index (κ2) is 15.9. The van der Waals surface area contributed by atoms with Gasteiger partial charge in [0.2, 0.25) is 0 Å². The largest absolute Gasteiger partial charge is 0.310 e. The minimum absolute atomic E-state index is 0.0448. The van der Waals surface area contributed by atoms with Gasteiger partial charge >= 0.3 is 0 Å². The standard InChI is InChI=1S/C66H59BN2S2/c1-10-65(6,7)43-28-35-57-53(38-43)60-62(70-57)67-59-55(68(60)45-30-23-40(24-31-45)41-25-34-51-49-19-13-12-17-47(49)48-18-14-15-20-50(48)52(51)37-41)21-16-22-56(59)69(46-32-26-42(27-33-46)64(3,4)5)61-54-39-44(66(8,9)11-2)29-36-58(54)71-63(61)67/h12-39H,10-11H2,1-9H3. The molecule has 0 bridgehead atoms. The average molecular weight is 955 g/mol. The van der Waals surface area contributed by atoms with Gasteiger partial charge in [-0.05, 0) is 161 Å². The van der Waals surface area contributed by atoms with Crippen molar-refractivity contribution in [1.82, 2.24) is 0 Å². The van der Waals surface area contributed by atoms with Crippen LogP contribution in [-0.4, -0.2) is 6.71 Å². The topological polar surface area (TPSA) is 6.48 Å². The Morgan fingerprint density at radius 2 is 0.817 bits per heavy atom. The van der Waals surface area contributed by atoms with Crippen molar-refractivity contribution in [3.05, 3.63) is 187 Å². The highest BCUT2D eigenvalue weighted by molar-refractivity contribution is 7.40. The highest BCUT2D eigenvalue weighted by Crippen LogP contribution is 2.52. The van der Waals surface area contributed by atoms with Crippen LogP contribution in [0.2, 0.25) is 0 Å². The molecule has 2 aromatic heterocycles. The van der Waals surface area contributed by atoms with Crippen molar-refractivity contribution in [2.75, 3.05) is 9.80 Å². The molecule has 0 aliphatic carbocycles. The first-order valence-corrected chi connectivity index (χ1v) is 27.3. The van der Waals surface area contributed by atoms with Crippen molar-refractivity contribution in [3.8, 4) is 11.1 Å². The zero-order valence-electron chi connectivity index (χ0n) is 42.4.